The first kappa shape index (κ1) is 8.83. The number of carbonyl (C=O) groups excluding carboxylic acids is 1. The van der Waals surface area contributed by atoms with E-state index < -0.39 is 0 Å². The SMILES string of the molecule is CNCC(=O)c1cnc2cnccn12. The molecule has 0 amide bonds. The molecule has 5 nitrogen and oxygen atoms in total. The van der Waals surface area contributed by atoms with Gasteiger partial charge >= 0.3 is 0 Å². The minimum Gasteiger partial charge on any atom is -0.313 e. The van der Waals surface area contributed by atoms with Gasteiger partial charge in [-0.05, 0) is 7.05 Å². The van der Waals surface area contributed by atoms with Gasteiger partial charge in [0.2, 0.25) is 0 Å². The fraction of sp³-hybridized carbons (Fsp3) is 0.222. The van der Waals surface area contributed by atoms with Crippen LogP contribution in [0.2, 0.25) is 0 Å². The van der Waals surface area contributed by atoms with E-state index in [2.05, 4.69) is 15.3 Å². The van der Waals surface area contributed by atoms with Gasteiger partial charge in [0.25, 0.3) is 0 Å². The van der Waals surface area contributed by atoms with Crippen LogP contribution in [0, 0.1) is 0 Å². The van der Waals surface area contributed by atoms with Gasteiger partial charge in [0.05, 0.1) is 18.9 Å². The number of Topliss-reactive ketones (excluding diaryl/α,β-unsaturated/α-hetero) is 1. The normalized spacial score (nSPS) is 10.6. The van der Waals surface area contributed by atoms with Crippen molar-refractivity contribution >= 4 is 11.4 Å². The van der Waals surface area contributed by atoms with Crippen molar-refractivity contribution in [2.45, 2.75) is 0 Å². The molecule has 72 valence electrons. The highest BCUT2D eigenvalue weighted by atomic mass is 16.1. The van der Waals surface area contributed by atoms with Crippen LogP contribution in [-0.2, 0) is 0 Å². The Balaban J connectivity index is 2.47. The van der Waals surface area contributed by atoms with E-state index in [0.29, 0.717) is 17.9 Å². The summed E-state index contributed by atoms with van der Waals surface area (Å²) in [4.78, 5) is 19.6. The van der Waals surface area contributed by atoms with Gasteiger partial charge in [0, 0.05) is 12.4 Å². The topological polar surface area (TPSA) is 59.3 Å². The molecule has 14 heavy (non-hydrogen) atoms. The molecule has 1 N–H and O–H groups in total. The first-order chi connectivity index (χ1) is 6.83. The van der Waals surface area contributed by atoms with Crippen LogP contribution in [-0.4, -0.2) is 33.7 Å². The third-order valence-corrected chi connectivity index (χ3v) is 1.94. The summed E-state index contributed by atoms with van der Waals surface area (Å²) >= 11 is 0. The number of carbonyl (C=O) groups is 1. The summed E-state index contributed by atoms with van der Waals surface area (Å²) in [6, 6.07) is 0. The number of nitrogens with zero attached hydrogens (tertiary/aromatic N) is 3. The molecule has 0 aliphatic heterocycles. The number of hydrogen-bond donors (Lipinski definition) is 1. The minimum atomic E-state index is 0.0196. The molecule has 0 aliphatic rings. The molecule has 0 bridgehead atoms. The number of ketones is 1. The van der Waals surface area contributed by atoms with Crippen molar-refractivity contribution in [2.24, 2.45) is 0 Å². The quantitative estimate of drug-likeness (QED) is 0.699. The Morgan fingerprint density at radius 1 is 1.57 bits per heavy atom. The Labute approximate surface area is 80.8 Å². The molecule has 2 aromatic rings. The summed E-state index contributed by atoms with van der Waals surface area (Å²) in [6.07, 6.45) is 6.54. The Morgan fingerprint density at radius 2 is 2.43 bits per heavy atom. The summed E-state index contributed by atoms with van der Waals surface area (Å²) < 4.78 is 1.73. The number of likely N-dealkylation sites (N-methyl/N-ethyl adjacent to an activating group) is 1. The van der Waals surface area contributed by atoms with Crippen LogP contribution in [0.4, 0.5) is 0 Å². The predicted molar refractivity (Wildman–Crippen MR) is 51.2 cm³/mol. The fourth-order valence-corrected chi connectivity index (χ4v) is 1.30. The van der Waals surface area contributed by atoms with Crippen LogP contribution < -0.4 is 5.32 Å². The zero-order chi connectivity index (χ0) is 9.97. The van der Waals surface area contributed by atoms with Gasteiger partial charge in [0.1, 0.15) is 5.69 Å². The van der Waals surface area contributed by atoms with Gasteiger partial charge in [-0.15, -0.1) is 0 Å². The van der Waals surface area contributed by atoms with Crippen LogP contribution in [0.5, 0.6) is 0 Å². The van der Waals surface area contributed by atoms with Crippen molar-refractivity contribution in [3.8, 4) is 0 Å². The Hall–Kier alpha value is -1.75. The highest BCUT2D eigenvalue weighted by Gasteiger charge is 2.10. The molecule has 0 aromatic carbocycles. The fourth-order valence-electron chi connectivity index (χ4n) is 1.30. The van der Waals surface area contributed by atoms with Crippen LogP contribution in [0.25, 0.3) is 5.65 Å². The molecule has 2 heterocycles. The molecule has 2 rings (SSSR count). The van der Waals surface area contributed by atoms with Gasteiger partial charge in [-0.2, -0.15) is 0 Å². The van der Waals surface area contributed by atoms with Crippen LogP contribution >= 0.6 is 0 Å². The molecule has 0 saturated carbocycles. The highest BCUT2D eigenvalue weighted by Crippen LogP contribution is 2.04. The van der Waals surface area contributed by atoms with E-state index in [1.54, 1.807) is 36.2 Å². The van der Waals surface area contributed by atoms with Gasteiger partial charge < -0.3 is 5.32 Å². The van der Waals surface area contributed by atoms with Gasteiger partial charge in [-0.25, -0.2) is 4.98 Å². The Bertz CT molecular complexity index is 463. The lowest BCUT2D eigenvalue weighted by molar-refractivity contribution is 0.0988. The zero-order valence-corrected chi connectivity index (χ0v) is 7.77. The first-order valence-electron chi connectivity index (χ1n) is 4.28. The van der Waals surface area contributed by atoms with E-state index in [0.717, 1.165) is 0 Å². The molecule has 0 spiro atoms. The largest absolute Gasteiger partial charge is 0.313 e. The number of aromatic nitrogens is 3. The monoisotopic (exact) mass is 190 g/mol. The number of nitrogens with one attached hydrogen (secondary N) is 1. The number of rotatable bonds is 3. The Morgan fingerprint density at radius 3 is 3.21 bits per heavy atom. The highest BCUT2D eigenvalue weighted by molar-refractivity contribution is 5.96. The van der Waals surface area contributed by atoms with Crippen LogP contribution in [0.15, 0.2) is 24.8 Å². The lowest BCUT2D eigenvalue weighted by atomic mass is 10.3. The van der Waals surface area contributed by atoms with Crippen molar-refractivity contribution < 1.29 is 4.79 Å². The van der Waals surface area contributed by atoms with Gasteiger partial charge in [-0.3, -0.25) is 14.2 Å². The van der Waals surface area contributed by atoms with Crippen molar-refractivity contribution in [3.05, 3.63) is 30.5 Å². The van der Waals surface area contributed by atoms with Gasteiger partial charge in [0.15, 0.2) is 11.4 Å². The average molecular weight is 190 g/mol. The summed E-state index contributed by atoms with van der Waals surface area (Å²) in [5.74, 6) is 0.0196. The van der Waals surface area contributed by atoms with Crippen molar-refractivity contribution in [1.29, 1.82) is 0 Å². The van der Waals surface area contributed by atoms with E-state index in [4.69, 9.17) is 0 Å². The molecule has 0 fully saturated rings. The van der Waals surface area contributed by atoms with E-state index >= 15 is 0 Å². The molecule has 0 aliphatic carbocycles. The molecule has 2 aromatic heterocycles. The summed E-state index contributed by atoms with van der Waals surface area (Å²) in [5, 5.41) is 2.81. The van der Waals surface area contributed by atoms with Crippen LogP contribution in [0.1, 0.15) is 10.5 Å². The van der Waals surface area contributed by atoms with E-state index in [1.165, 1.54) is 0 Å². The lowest BCUT2D eigenvalue weighted by Crippen LogP contribution is -2.19. The average Bonchev–Trinajstić information content (AvgIpc) is 2.61. The second kappa shape index (κ2) is 3.55. The smallest absolute Gasteiger partial charge is 0.194 e. The maximum absolute atomic E-state index is 11.6. The number of fused-ring (bicyclic) bond motifs is 1. The third-order valence-electron chi connectivity index (χ3n) is 1.94. The molecule has 0 saturated heterocycles. The van der Waals surface area contributed by atoms with Crippen molar-refractivity contribution in [3.63, 3.8) is 0 Å². The second-order valence-corrected chi connectivity index (χ2v) is 2.90. The molecule has 0 unspecified atom stereocenters. The zero-order valence-electron chi connectivity index (χ0n) is 7.77. The second-order valence-electron chi connectivity index (χ2n) is 2.90. The molecule has 0 radical (unpaired) electrons. The molecule has 0 atom stereocenters. The summed E-state index contributed by atoms with van der Waals surface area (Å²) in [5.41, 5.74) is 1.27. The third kappa shape index (κ3) is 1.38. The first-order valence-corrected chi connectivity index (χ1v) is 4.28. The Kier molecular flexibility index (Phi) is 2.24. The molecular formula is C9H10N4O. The van der Waals surface area contributed by atoms with Crippen molar-refractivity contribution in [2.75, 3.05) is 13.6 Å². The summed E-state index contributed by atoms with van der Waals surface area (Å²) in [6.45, 7) is 0.316. The van der Waals surface area contributed by atoms with E-state index in [1.807, 2.05) is 0 Å². The molecular weight excluding hydrogens is 180 g/mol. The van der Waals surface area contributed by atoms with Crippen molar-refractivity contribution in [1.82, 2.24) is 19.7 Å². The molecule has 5 heteroatoms. The van der Waals surface area contributed by atoms with E-state index in [9.17, 15) is 4.79 Å². The number of imidazole rings is 1. The van der Waals surface area contributed by atoms with Crippen LogP contribution in [0.3, 0.4) is 0 Å². The number of hydrogen-bond acceptors (Lipinski definition) is 4. The predicted octanol–water partition coefficient (Wildman–Crippen LogP) is 0.131. The van der Waals surface area contributed by atoms with Gasteiger partial charge in [-0.1, -0.05) is 0 Å². The maximum Gasteiger partial charge on any atom is 0.194 e. The summed E-state index contributed by atoms with van der Waals surface area (Å²) in [7, 11) is 1.74. The maximum atomic E-state index is 11.6. The lowest BCUT2D eigenvalue weighted by Gasteiger charge is -1.98. The minimum absolute atomic E-state index is 0.0196. The van der Waals surface area contributed by atoms with E-state index in [-0.39, 0.29) is 5.78 Å². The standard InChI is InChI=1S/C9H10N4O/c1-10-5-8(14)7-4-12-9-6-11-2-3-13(7)9/h2-4,6,10H,5H2,1H3.